The summed E-state index contributed by atoms with van der Waals surface area (Å²) in [6.45, 7) is 0.762. The van der Waals surface area contributed by atoms with Gasteiger partial charge in [0.2, 0.25) is 0 Å². The number of nitrogens with two attached hydrogens (primary N) is 1. The minimum Gasteiger partial charge on any atom is -0.330 e. The first kappa shape index (κ1) is 7.56. The van der Waals surface area contributed by atoms with E-state index in [-0.39, 0.29) is 0 Å². The minimum absolute atomic E-state index is 0.294. The molecule has 10 heavy (non-hydrogen) atoms. The van der Waals surface area contributed by atoms with E-state index in [1.54, 1.807) is 0 Å². The van der Waals surface area contributed by atoms with Crippen LogP contribution >= 0.6 is 0 Å². The van der Waals surface area contributed by atoms with Crippen molar-refractivity contribution in [1.82, 2.24) is 0 Å². The van der Waals surface area contributed by atoms with Crippen molar-refractivity contribution in [2.75, 3.05) is 6.54 Å². The maximum absolute atomic E-state index is 8.61. The Labute approximate surface area is 62.0 Å². The summed E-state index contributed by atoms with van der Waals surface area (Å²) in [6, 6.07) is 2.31. The molecule has 0 aliphatic heterocycles. The molecule has 0 aromatic heterocycles. The van der Waals surface area contributed by atoms with Crippen LogP contribution in [-0.4, -0.2) is 6.54 Å². The van der Waals surface area contributed by atoms with Crippen LogP contribution in [0.4, 0.5) is 0 Å². The molecule has 1 rings (SSSR count). The molecule has 0 aromatic rings. The lowest BCUT2D eigenvalue weighted by Gasteiger charge is -2.23. The second-order valence-corrected chi connectivity index (χ2v) is 3.09. The number of nitriles is 1. The third-order valence-electron chi connectivity index (χ3n) is 2.30. The van der Waals surface area contributed by atoms with Gasteiger partial charge in [0.05, 0.1) is 6.07 Å². The molecule has 0 bridgehead atoms. The molecule has 1 unspecified atom stereocenters. The summed E-state index contributed by atoms with van der Waals surface area (Å²) in [5.41, 5.74) is 5.51. The van der Waals surface area contributed by atoms with Crippen molar-refractivity contribution in [2.24, 2.45) is 17.6 Å². The third kappa shape index (κ3) is 1.71. The highest BCUT2D eigenvalue weighted by Crippen LogP contribution is 2.27. The zero-order valence-corrected chi connectivity index (χ0v) is 6.21. The van der Waals surface area contributed by atoms with E-state index in [0.717, 1.165) is 19.4 Å². The van der Waals surface area contributed by atoms with Crippen molar-refractivity contribution < 1.29 is 0 Å². The summed E-state index contributed by atoms with van der Waals surface area (Å²) in [5, 5.41) is 8.61. The van der Waals surface area contributed by atoms with Crippen LogP contribution in [0.25, 0.3) is 0 Å². The van der Waals surface area contributed by atoms with Crippen LogP contribution in [0.1, 0.15) is 25.7 Å². The Hall–Kier alpha value is -0.550. The molecule has 2 atom stereocenters. The number of nitrogens with zero attached hydrogens (tertiary/aromatic N) is 1. The largest absolute Gasteiger partial charge is 0.330 e. The summed E-state index contributed by atoms with van der Waals surface area (Å²) >= 11 is 0. The molecule has 0 spiro atoms. The predicted molar refractivity (Wildman–Crippen MR) is 40.1 cm³/mol. The Balaban J connectivity index is 2.33. The van der Waals surface area contributed by atoms with Gasteiger partial charge in [-0.25, -0.2) is 0 Å². The Bertz CT molecular complexity index is 137. The molecule has 0 radical (unpaired) electrons. The number of hydrogen-bond acceptors (Lipinski definition) is 2. The van der Waals surface area contributed by atoms with Gasteiger partial charge in [0, 0.05) is 5.92 Å². The lowest BCUT2D eigenvalue weighted by Crippen LogP contribution is -2.21. The quantitative estimate of drug-likeness (QED) is 0.593. The predicted octanol–water partition coefficient (Wildman–Crippen LogP) is 1.28. The fraction of sp³-hybridized carbons (Fsp3) is 0.875. The zero-order valence-electron chi connectivity index (χ0n) is 6.21. The van der Waals surface area contributed by atoms with Crippen molar-refractivity contribution in [2.45, 2.75) is 25.7 Å². The molecule has 0 saturated heterocycles. The van der Waals surface area contributed by atoms with E-state index in [2.05, 4.69) is 6.07 Å². The summed E-state index contributed by atoms with van der Waals surface area (Å²) < 4.78 is 0. The molecule has 1 fully saturated rings. The Kier molecular flexibility index (Phi) is 2.70. The van der Waals surface area contributed by atoms with Gasteiger partial charge in [0.1, 0.15) is 0 Å². The molecular formula is C8H14N2. The standard InChI is InChI=1S/C8H14N2/c9-5-7-2-1-3-8(4-7)6-10/h7-8H,1-5,9H2/t7?,8-/m0/s1. The normalized spacial score (nSPS) is 33.2. The van der Waals surface area contributed by atoms with Crippen LogP contribution in [0, 0.1) is 23.2 Å². The minimum atomic E-state index is 0.294. The van der Waals surface area contributed by atoms with E-state index in [0.29, 0.717) is 11.8 Å². The van der Waals surface area contributed by atoms with E-state index in [9.17, 15) is 0 Å². The highest BCUT2D eigenvalue weighted by atomic mass is 14.6. The molecule has 1 saturated carbocycles. The van der Waals surface area contributed by atoms with Crippen molar-refractivity contribution >= 4 is 0 Å². The molecule has 1 aliphatic carbocycles. The fourth-order valence-electron chi connectivity index (χ4n) is 1.62. The van der Waals surface area contributed by atoms with Crippen LogP contribution in [0.2, 0.25) is 0 Å². The van der Waals surface area contributed by atoms with Crippen molar-refractivity contribution in [1.29, 1.82) is 5.26 Å². The third-order valence-corrected chi connectivity index (χ3v) is 2.30. The summed E-state index contributed by atoms with van der Waals surface area (Å²) in [6.07, 6.45) is 4.55. The highest BCUT2D eigenvalue weighted by Gasteiger charge is 2.19. The summed E-state index contributed by atoms with van der Waals surface area (Å²) in [5.74, 6) is 0.917. The molecular weight excluding hydrogens is 124 g/mol. The van der Waals surface area contributed by atoms with Gasteiger partial charge in [0.25, 0.3) is 0 Å². The smallest absolute Gasteiger partial charge is 0.0655 e. The second-order valence-electron chi connectivity index (χ2n) is 3.09. The summed E-state index contributed by atoms with van der Waals surface area (Å²) in [4.78, 5) is 0. The first-order valence-electron chi connectivity index (χ1n) is 3.96. The topological polar surface area (TPSA) is 49.8 Å². The molecule has 56 valence electrons. The second kappa shape index (κ2) is 3.58. The van der Waals surface area contributed by atoms with Gasteiger partial charge in [-0.2, -0.15) is 5.26 Å². The molecule has 2 N–H and O–H groups in total. The van der Waals surface area contributed by atoms with Gasteiger partial charge < -0.3 is 5.73 Å². The molecule has 0 amide bonds. The number of hydrogen-bond donors (Lipinski definition) is 1. The Morgan fingerprint density at radius 3 is 2.90 bits per heavy atom. The molecule has 2 nitrogen and oxygen atoms in total. The van der Waals surface area contributed by atoms with E-state index in [4.69, 9.17) is 11.0 Å². The first-order valence-corrected chi connectivity index (χ1v) is 3.96. The zero-order chi connectivity index (χ0) is 7.40. The van der Waals surface area contributed by atoms with Gasteiger partial charge in [-0.1, -0.05) is 6.42 Å². The monoisotopic (exact) mass is 138 g/mol. The van der Waals surface area contributed by atoms with Crippen LogP contribution < -0.4 is 5.73 Å². The van der Waals surface area contributed by atoms with Crippen LogP contribution in [0.15, 0.2) is 0 Å². The average molecular weight is 138 g/mol. The van der Waals surface area contributed by atoms with Gasteiger partial charge in [-0.05, 0) is 31.7 Å². The summed E-state index contributed by atoms with van der Waals surface area (Å²) in [7, 11) is 0. The van der Waals surface area contributed by atoms with E-state index >= 15 is 0 Å². The van der Waals surface area contributed by atoms with Gasteiger partial charge in [0.15, 0.2) is 0 Å². The SMILES string of the molecule is N#C[C@H]1CCCC(CN)C1. The molecule has 2 heteroatoms. The van der Waals surface area contributed by atoms with E-state index in [1.165, 1.54) is 12.8 Å². The lowest BCUT2D eigenvalue weighted by atomic mass is 9.82. The maximum Gasteiger partial charge on any atom is 0.0655 e. The van der Waals surface area contributed by atoms with E-state index in [1.807, 2.05) is 0 Å². The fourth-order valence-corrected chi connectivity index (χ4v) is 1.62. The van der Waals surface area contributed by atoms with Gasteiger partial charge in [-0.15, -0.1) is 0 Å². The van der Waals surface area contributed by atoms with Gasteiger partial charge >= 0.3 is 0 Å². The van der Waals surface area contributed by atoms with Crippen LogP contribution in [-0.2, 0) is 0 Å². The average Bonchev–Trinajstić information content (AvgIpc) is 2.05. The Morgan fingerprint density at radius 2 is 2.30 bits per heavy atom. The first-order chi connectivity index (χ1) is 4.86. The van der Waals surface area contributed by atoms with Crippen LogP contribution in [0.3, 0.4) is 0 Å². The lowest BCUT2D eigenvalue weighted by molar-refractivity contribution is 0.316. The van der Waals surface area contributed by atoms with Crippen molar-refractivity contribution in [3.8, 4) is 6.07 Å². The highest BCUT2D eigenvalue weighted by molar-refractivity contribution is 4.87. The molecule has 0 heterocycles. The van der Waals surface area contributed by atoms with Gasteiger partial charge in [-0.3, -0.25) is 0 Å². The Morgan fingerprint density at radius 1 is 1.50 bits per heavy atom. The molecule has 0 aromatic carbocycles. The van der Waals surface area contributed by atoms with E-state index < -0.39 is 0 Å². The van der Waals surface area contributed by atoms with Crippen LogP contribution in [0.5, 0.6) is 0 Å². The molecule has 1 aliphatic rings. The van der Waals surface area contributed by atoms with Crippen molar-refractivity contribution in [3.05, 3.63) is 0 Å². The maximum atomic E-state index is 8.61. The number of rotatable bonds is 1. The van der Waals surface area contributed by atoms with Crippen molar-refractivity contribution in [3.63, 3.8) is 0 Å².